The molecule has 2 aliphatic rings. The van der Waals surface area contributed by atoms with Crippen LogP contribution in [-0.4, -0.2) is 49.7 Å². The highest BCUT2D eigenvalue weighted by atomic mass is 32.2. The van der Waals surface area contributed by atoms with Crippen LogP contribution >= 0.6 is 11.3 Å². The molecule has 5 nitrogen and oxygen atoms in total. The lowest BCUT2D eigenvalue weighted by atomic mass is 9.88. The number of hydrogen-bond donors (Lipinski definition) is 0. The monoisotopic (exact) mass is 356 g/mol. The van der Waals surface area contributed by atoms with E-state index >= 15 is 0 Å². The topological polar surface area (TPSA) is 57.7 Å². The van der Waals surface area contributed by atoms with E-state index in [1.165, 1.54) is 22.1 Å². The third-order valence-corrected chi connectivity index (χ3v) is 8.18. The second kappa shape index (κ2) is 6.91. The first kappa shape index (κ1) is 16.9. The van der Waals surface area contributed by atoms with Crippen molar-refractivity contribution in [1.82, 2.24) is 9.21 Å². The Morgan fingerprint density at radius 1 is 1.09 bits per heavy atom. The maximum atomic E-state index is 12.6. The molecule has 1 amide bonds. The van der Waals surface area contributed by atoms with Gasteiger partial charge in [-0.05, 0) is 31.9 Å². The predicted octanol–water partition coefficient (Wildman–Crippen LogP) is 2.47. The van der Waals surface area contributed by atoms with Crippen molar-refractivity contribution in [1.29, 1.82) is 0 Å². The fraction of sp³-hybridized carbons (Fsp3) is 0.688. The van der Waals surface area contributed by atoms with Crippen molar-refractivity contribution in [3.8, 4) is 0 Å². The van der Waals surface area contributed by atoms with Crippen molar-refractivity contribution >= 4 is 27.3 Å². The molecular weight excluding hydrogens is 332 g/mol. The van der Waals surface area contributed by atoms with Crippen LogP contribution in [0.25, 0.3) is 0 Å². The molecule has 7 heteroatoms. The lowest BCUT2D eigenvalue weighted by molar-refractivity contribution is -0.137. The van der Waals surface area contributed by atoms with E-state index in [-0.39, 0.29) is 11.8 Å². The van der Waals surface area contributed by atoms with Gasteiger partial charge in [0.2, 0.25) is 5.91 Å². The molecule has 0 bridgehead atoms. The minimum Gasteiger partial charge on any atom is -0.340 e. The van der Waals surface area contributed by atoms with E-state index < -0.39 is 10.0 Å². The van der Waals surface area contributed by atoms with Crippen LogP contribution in [0, 0.1) is 12.8 Å². The molecule has 2 fully saturated rings. The van der Waals surface area contributed by atoms with Gasteiger partial charge >= 0.3 is 0 Å². The Labute approximate surface area is 142 Å². The summed E-state index contributed by atoms with van der Waals surface area (Å²) in [5, 5.41) is 0. The number of rotatable bonds is 3. The molecule has 1 saturated heterocycles. The third-order valence-electron chi connectivity index (χ3n) is 4.81. The van der Waals surface area contributed by atoms with Gasteiger partial charge in [-0.2, -0.15) is 4.31 Å². The quantitative estimate of drug-likeness (QED) is 0.836. The third kappa shape index (κ3) is 3.61. The first-order valence-electron chi connectivity index (χ1n) is 8.34. The molecule has 1 aliphatic carbocycles. The van der Waals surface area contributed by atoms with Gasteiger partial charge in [-0.1, -0.05) is 19.3 Å². The summed E-state index contributed by atoms with van der Waals surface area (Å²) in [6, 6.07) is 3.51. The van der Waals surface area contributed by atoms with Crippen LogP contribution in [0.1, 0.15) is 37.0 Å². The van der Waals surface area contributed by atoms with Crippen molar-refractivity contribution in [3.05, 3.63) is 17.0 Å². The van der Waals surface area contributed by atoms with E-state index in [9.17, 15) is 13.2 Å². The van der Waals surface area contributed by atoms with Gasteiger partial charge in [-0.3, -0.25) is 4.79 Å². The molecule has 3 rings (SSSR count). The van der Waals surface area contributed by atoms with Crippen molar-refractivity contribution in [2.75, 3.05) is 26.2 Å². The summed E-state index contributed by atoms with van der Waals surface area (Å²) >= 11 is 1.31. The summed E-state index contributed by atoms with van der Waals surface area (Å²) in [4.78, 5) is 15.4. The number of hydrogen-bond acceptors (Lipinski definition) is 4. The van der Waals surface area contributed by atoms with Crippen LogP contribution in [0.4, 0.5) is 0 Å². The van der Waals surface area contributed by atoms with Gasteiger partial charge in [-0.15, -0.1) is 11.3 Å². The first-order valence-corrected chi connectivity index (χ1v) is 10.6. The molecule has 0 atom stereocenters. The van der Waals surface area contributed by atoms with Crippen molar-refractivity contribution in [2.24, 2.45) is 5.92 Å². The molecule has 1 saturated carbocycles. The number of sulfonamides is 1. The molecule has 0 aromatic carbocycles. The van der Waals surface area contributed by atoms with E-state index in [0.29, 0.717) is 30.4 Å². The minimum atomic E-state index is -3.40. The zero-order valence-electron chi connectivity index (χ0n) is 13.5. The molecule has 128 valence electrons. The average Bonchev–Trinajstić information content (AvgIpc) is 3.02. The zero-order chi connectivity index (χ0) is 16.4. The molecule has 2 heterocycles. The summed E-state index contributed by atoms with van der Waals surface area (Å²) in [5.41, 5.74) is 0. The predicted molar refractivity (Wildman–Crippen MR) is 91.0 cm³/mol. The van der Waals surface area contributed by atoms with E-state index in [4.69, 9.17) is 0 Å². The number of piperazine rings is 1. The van der Waals surface area contributed by atoms with Crippen LogP contribution in [0.2, 0.25) is 0 Å². The summed E-state index contributed by atoms with van der Waals surface area (Å²) in [6.07, 6.45) is 5.50. The number of aryl methyl sites for hydroxylation is 1. The SMILES string of the molecule is Cc1ccc(S(=O)(=O)N2CCN(C(=O)C3CCCCC3)CC2)s1. The summed E-state index contributed by atoms with van der Waals surface area (Å²) in [6.45, 7) is 3.73. The molecule has 1 aliphatic heterocycles. The second-order valence-electron chi connectivity index (χ2n) is 6.43. The fourth-order valence-corrected chi connectivity index (χ4v) is 6.29. The van der Waals surface area contributed by atoms with Crippen molar-refractivity contribution < 1.29 is 13.2 Å². The van der Waals surface area contributed by atoms with Crippen LogP contribution in [0.15, 0.2) is 16.3 Å². The normalized spacial score (nSPS) is 21.5. The van der Waals surface area contributed by atoms with Crippen LogP contribution in [0.5, 0.6) is 0 Å². The fourth-order valence-electron chi connectivity index (χ4n) is 3.43. The maximum Gasteiger partial charge on any atom is 0.252 e. The van der Waals surface area contributed by atoms with Gasteiger partial charge < -0.3 is 4.90 Å². The van der Waals surface area contributed by atoms with Gasteiger partial charge in [0.05, 0.1) is 0 Å². The smallest absolute Gasteiger partial charge is 0.252 e. The summed E-state index contributed by atoms with van der Waals surface area (Å²) in [7, 11) is -3.40. The average molecular weight is 357 g/mol. The highest BCUT2D eigenvalue weighted by Gasteiger charge is 2.33. The number of carbonyl (C=O) groups is 1. The van der Waals surface area contributed by atoms with Crippen LogP contribution in [0.3, 0.4) is 0 Å². The lowest BCUT2D eigenvalue weighted by Crippen LogP contribution is -2.51. The van der Waals surface area contributed by atoms with Gasteiger partial charge in [0.15, 0.2) is 0 Å². The van der Waals surface area contributed by atoms with E-state index in [2.05, 4.69) is 0 Å². The van der Waals surface area contributed by atoms with E-state index in [1.54, 1.807) is 6.07 Å². The minimum absolute atomic E-state index is 0.159. The van der Waals surface area contributed by atoms with Crippen LogP contribution in [-0.2, 0) is 14.8 Å². The number of amides is 1. The van der Waals surface area contributed by atoms with Gasteiger partial charge in [0.25, 0.3) is 10.0 Å². The Kier molecular flexibility index (Phi) is 5.08. The summed E-state index contributed by atoms with van der Waals surface area (Å²) < 4.78 is 27.1. The first-order chi connectivity index (χ1) is 11.0. The van der Waals surface area contributed by atoms with Crippen molar-refractivity contribution in [3.63, 3.8) is 0 Å². The Bertz CT molecular complexity index is 655. The molecule has 23 heavy (non-hydrogen) atoms. The highest BCUT2D eigenvalue weighted by Crippen LogP contribution is 2.28. The molecule has 0 N–H and O–H groups in total. The largest absolute Gasteiger partial charge is 0.340 e. The molecule has 0 spiro atoms. The standard InChI is InChI=1S/C16H24N2O3S2/c1-13-7-8-15(22-13)23(20,21)18-11-9-17(10-12-18)16(19)14-5-3-2-4-6-14/h7-8,14H,2-6,9-12H2,1H3. The molecule has 1 aromatic heterocycles. The van der Waals surface area contributed by atoms with Gasteiger partial charge in [-0.25, -0.2) is 8.42 Å². The molecule has 1 aromatic rings. The highest BCUT2D eigenvalue weighted by molar-refractivity contribution is 7.91. The number of nitrogens with zero attached hydrogens (tertiary/aromatic N) is 2. The van der Waals surface area contributed by atoms with Gasteiger partial charge in [0, 0.05) is 37.0 Å². The molecule has 0 unspecified atom stereocenters. The summed E-state index contributed by atoms with van der Waals surface area (Å²) in [5.74, 6) is 0.389. The second-order valence-corrected chi connectivity index (χ2v) is 9.88. The Morgan fingerprint density at radius 2 is 1.74 bits per heavy atom. The number of carbonyl (C=O) groups excluding carboxylic acids is 1. The van der Waals surface area contributed by atoms with Gasteiger partial charge in [0.1, 0.15) is 4.21 Å². The molecule has 0 radical (unpaired) electrons. The van der Waals surface area contributed by atoms with E-state index in [0.717, 1.165) is 30.6 Å². The Balaban J connectivity index is 1.60. The zero-order valence-corrected chi connectivity index (χ0v) is 15.2. The Morgan fingerprint density at radius 3 is 2.30 bits per heavy atom. The van der Waals surface area contributed by atoms with Crippen molar-refractivity contribution in [2.45, 2.75) is 43.2 Å². The maximum absolute atomic E-state index is 12.6. The lowest BCUT2D eigenvalue weighted by Gasteiger charge is -2.36. The van der Waals surface area contributed by atoms with Crippen LogP contribution < -0.4 is 0 Å². The number of thiophene rings is 1. The molecular formula is C16H24N2O3S2. The Hall–Kier alpha value is -0.920. The van der Waals surface area contributed by atoms with E-state index in [1.807, 2.05) is 17.9 Å².